The molecule has 0 unspecified atom stereocenters. The van der Waals surface area contributed by atoms with Crippen molar-refractivity contribution in [3.05, 3.63) is 72.1 Å². The third kappa shape index (κ3) is 2.26. The molecule has 3 heteroatoms. The molecular weight excluding hydrogens is 248 g/mol. The van der Waals surface area contributed by atoms with Crippen molar-refractivity contribution in [2.75, 3.05) is 0 Å². The molecular formula is C17H14N2O. The summed E-state index contributed by atoms with van der Waals surface area (Å²) in [4.78, 5) is 11.2. The third-order valence-corrected chi connectivity index (χ3v) is 3.25. The van der Waals surface area contributed by atoms with E-state index in [0.29, 0.717) is 5.56 Å². The lowest BCUT2D eigenvalue weighted by Crippen LogP contribution is -1.92. The van der Waals surface area contributed by atoms with Gasteiger partial charge in [-0.2, -0.15) is 5.10 Å². The molecule has 0 amide bonds. The first-order chi connectivity index (χ1) is 9.78. The molecule has 0 atom stereocenters. The van der Waals surface area contributed by atoms with Crippen molar-refractivity contribution in [1.29, 1.82) is 0 Å². The molecule has 0 N–H and O–H groups in total. The minimum absolute atomic E-state index is 0.684. The summed E-state index contributed by atoms with van der Waals surface area (Å²) in [5.41, 5.74) is 4.67. The summed E-state index contributed by atoms with van der Waals surface area (Å²) in [6.07, 6.45) is 4.61. The number of aryl methyl sites for hydroxylation is 1. The Morgan fingerprint density at radius 3 is 2.65 bits per heavy atom. The van der Waals surface area contributed by atoms with Crippen LogP contribution in [0.3, 0.4) is 0 Å². The number of rotatable bonds is 3. The maximum absolute atomic E-state index is 11.2. The fourth-order valence-corrected chi connectivity index (χ4v) is 2.21. The average Bonchev–Trinajstić information content (AvgIpc) is 2.98. The Balaban J connectivity index is 2.07. The van der Waals surface area contributed by atoms with Crippen LogP contribution >= 0.6 is 0 Å². The summed E-state index contributed by atoms with van der Waals surface area (Å²) in [5, 5.41) is 4.37. The van der Waals surface area contributed by atoms with Crippen molar-refractivity contribution in [1.82, 2.24) is 9.78 Å². The topological polar surface area (TPSA) is 34.9 Å². The SMILES string of the molecule is Cc1ccc(C=O)c(-c2cnn(-c3ccccc3)c2)c1. The van der Waals surface area contributed by atoms with Gasteiger partial charge < -0.3 is 0 Å². The van der Waals surface area contributed by atoms with E-state index in [9.17, 15) is 4.79 Å². The van der Waals surface area contributed by atoms with E-state index in [0.717, 1.165) is 28.7 Å². The zero-order valence-corrected chi connectivity index (χ0v) is 11.2. The number of nitrogens with zero attached hydrogens (tertiary/aromatic N) is 2. The van der Waals surface area contributed by atoms with E-state index in [2.05, 4.69) is 5.10 Å². The van der Waals surface area contributed by atoms with Crippen LogP contribution in [-0.4, -0.2) is 16.1 Å². The lowest BCUT2D eigenvalue weighted by atomic mass is 10.0. The number of aldehydes is 1. The van der Waals surface area contributed by atoms with Crippen LogP contribution in [0, 0.1) is 6.92 Å². The van der Waals surface area contributed by atoms with Gasteiger partial charge in [-0.25, -0.2) is 4.68 Å². The quantitative estimate of drug-likeness (QED) is 0.675. The number of carbonyl (C=O) groups is 1. The Labute approximate surface area is 117 Å². The highest BCUT2D eigenvalue weighted by atomic mass is 16.1. The van der Waals surface area contributed by atoms with Crippen LogP contribution in [0.25, 0.3) is 16.8 Å². The Morgan fingerprint density at radius 1 is 1.10 bits per heavy atom. The highest BCUT2D eigenvalue weighted by molar-refractivity contribution is 5.87. The minimum Gasteiger partial charge on any atom is -0.298 e. The standard InChI is InChI=1S/C17H14N2O/c1-13-7-8-14(12-20)17(9-13)15-10-18-19(11-15)16-5-3-2-4-6-16/h2-12H,1H3. The van der Waals surface area contributed by atoms with Crippen molar-refractivity contribution in [2.45, 2.75) is 6.92 Å². The van der Waals surface area contributed by atoms with Gasteiger partial charge in [-0.1, -0.05) is 42.0 Å². The molecule has 0 aliphatic rings. The van der Waals surface area contributed by atoms with Gasteiger partial charge in [0.25, 0.3) is 0 Å². The lowest BCUT2D eigenvalue weighted by Gasteiger charge is -2.03. The first-order valence-electron chi connectivity index (χ1n) is 6.44. The highest BCUT2D eigenvalue weighted by Crippen LogP contribution is 2.24. The zero-order chi connectivity index (χ0) is 13.9. The number of hydrogen-bond donors (Lipinski definition) is 0. The van der Waals surface area contributed by atoms with Crippen molar-refractivity contribution >= 4 is 6.29 Å². The molecule has 0 aliphatic carbocycles. The first-order valence-corrected chi connectivity index (χ1v) is 6.44. The van der Waals surface area contributed by atoms with E-state index < -0.39 is 0 Å². The van der Waals surface area contributed by atoms with Gasteiger partial charge in [0.2, 0.25) is 0 Å². The van der Waals surface area contributed by atoms with Gasteiger partial charge in [0.15, 0.2) is 6.29 Å². The number of hydrogen-bond acceptors (Lipinski definition) is 2. The van der Waals surface area contributed by atoms with Crippen LogP contribution in [0.15, 0.2) is 60.9 Å². The van der Waals surface area contributed by atoms with Crippen LogP contribution in [-0.2, 0) is 0 Å². The summed E-state index contributed by atoms with van der Waals surface area (Å²) in [6.45, 7) is 2.01. The second kappa shape index (κ2) is 5.13. The van der Waals surface area contributed by atoms with E-state index in [-0.39, 0.29) is 0 Å². The smallest absolute Gasteiger partial charge is 0.150 e. The fourth-order valence-electron chi connectivity index (χ4n) is 2.21. The van der Waals surface area contributed by atoms with Gasteiger partial charge >= 0.3 is 0 Å². The number of para-hydroxylation sites is 1. The van der Waals surface area contributed by atoms with Crippen LogP contribution in [0.5, 0.6) is 0 Å². The van der Waals surface area contributed by atoms with Gasteiger partial charge in [-0.05, 0) is 24.6 Å². The Bertz CT molecular complexity index is 745. The molecule has 0 bridgehead atoms. The average molecular weight is 262 g/mol. The molecule has 3 nitrogen and oxygen atoms in total. The maximum atomic E-state index is 11.2. The third-order valence-electron chi connectivity index (χ3n) is 3.25. The predicted molar refractivity (Wildman–Crippen MR) is 79.1 cm³/mol. The van der Waals surface area contributed by atoms with Crippen LogP contribution in [0.4, 0.5) is 0 Å². The Morgan fingerprint density at radius 2 is 1.90 bits per heavy atom. The molecule has 3 aromatic rings. The number of carbonyl (C=O) groups excluding carboxylic acids is 1. The molecule has 1 aromatic heterocycles. The Hall–Kier alpha value is -2.68. The van der Waals surface area contributed by atoms with E-state index in [1.807, 2.05) is 66.3 Å². The van der Waals surface area contributed by atoms with Crippen LogP contribution in [0.1, 0.15) is 15.9 Å². The Kier molecular flexibility index (Phi) is 3.17. The molecule has 3 rings (SSSR count). The zero-order valence-electron chi connectivity index (χ0n) is 11.2. The summed E-state index contributed by atoms with van der Waals surface area (Å²) in [6, 6.07) is 15.7. The molecule has 0 saturated heterocycles. The lowest BCUT2D eigenvalue weighted by molar-refractivity contribution is 0.112. The summed E-state index contributed by atoms with van der Waals surface area (Å²) in [7, 11) is 0. The number of benzene rings is 2. The molecule has 2 aromatic carbocycles. The summed E-state index contributed by atoms with van der Waals surface area (Å²) in [5.74, 6) is 0. The van der Waals surface area contributed by atoms with Crippen molar-refractivity contribution in [3.63, 3.8) is 0 Å². The van der Waals surface area contributed by atoms with Crippen LogP contribution in [0.2, 0.25) is 0 Å². The van der Waals surface area contributed by atoms with Crippen molar-refractivity contribution < 1.29 is 4.79 Å². The molecule has 1 heterocycles. The van der Waals surface area contributed by atoms with Gasteiger partial charge in [-0.3, -0.25) is 4.79 Å². The molecule has 0 saturated carbocycles. The molecule has 0 spiro atoms. The second-order valence-electron chi connectivity index (χ2n) is 4.72. The molecule has 0 radical (unpaired) electrons. The van der Waals surface area contributed by atoms with Gasteiger partial charge in [-0.15, -0.1) is 0 Å². The highest BCUT2D eigenvalue weighted by Gasteiger charge is 2.08. The maximum Gasteiger partial charge on any atom is 0.150 e. The van der Waals surface area contributed by atoms with Crippen molar-refractivity contribution in [3.8, 4) is 16.8 Å². The minimum atomic E-state index is 0.684. The van der Waals surface area contributed by atoms with E-state index in [4.69, 9.17) is 0 Å². The monoisotopic (exact) mass is 262 g/mol. The van der Waals surface area contributed by atoms with Crippen LogP contribution < -0.4 is 0 Å². The van der Waals surface area contributed by atoms with E-state index in [1.165, 1.54) is 0 Å². The normalized spacial score (nSPS) is 10.4. The van der Waals surface area contributed by atoms with Gasteiger partial charge in [0.1, 0.15) is 0 Å². The molecule has 20 heavy (non-hydrogen) atoms. The predicted octanol–water partition coefficient (Wildman–Crippen LogP) is 3.66. The fraction of sp³-hybridized carbons (Fsp3) is 0.0588. The van der Waals surface area contributed by atoms with Gasteiger partial charge in [0.05, 0.1) is 11.9 Å². The molecule has 0 fully saturated rings. The summed E-state index contributed by atoms with van der Waals surface area (Å²) >= 11 is 0. The van der Waals surface area contributed by atoms with E-state index in [1.54, 1.807) is 6.20 Å². The van der Waals surface area contributed by atoms with E-state index >= 15 is 0 Å². The van der Waals surface area contributed by atoms with Gasteiger partial charge in [0, 0.05) is 17.3 Å². The largest absolute Gasteiger partial charge is 0.298 e. The number of aromatic nitrogens is 2. The molecule has 0 aliphatic heterocycles. The van der Waals surface area contributed by atoms with Crippen molar-refractivity contribution in [2.24, 2.45) is 0 Å². The second-order valence-corrected chi connectivity index (χ2v) is 4.72. The first kappa shape index (κ1) is 12.4. The summed E-state index contributed by atoms with van der Waals surface area (Å²) < 4.78 is 1.81. The molecule has 98 valence electrons.